The molecule has 0 fully saturated rings. The molecule has 0 atom stereocenters. The molecule has 1 aromatic carbocycles. The van der Waals surface area contributed by atoms with Crippen molar-refractivity contribution in [2.24, 2.45) is 5.90 Å². The number of nitrogens with two attached hydrogens (primary N) is 1. The van der Waals surface area contributed by atoms with Crippen LogP contribution in [0.1, 0.15) is 11.1 Å². The summed E-state index contributed by atoms with van der Waals surface area (Å²) in [5, 5.41) is 0. The van der Waals surface area contributed by atoms with Crippen molar-refractivity contribution < 1.29 is 9.57 Å². The average molecular weight is 181 g/mol. The van der Waals surface area contributed by atoms with Gasteiger partial charge in [-0.05, 0) is 31.0 Å². The van der Waals surface area contributed by atoms with Gasteiger partial charge in [-0.15, -0.1) is 0 Å². The lowest BCUT2D eigenvalue weighted by molar-refractivity contribution is 0.102. The maximum Gasteiger partial charge on any atom is 0.122 e. The minimum Gasteiger partial charge on any atom is -0.491 e. The Balaban J connectivity index is 2.59. The Morgan fingerprint density at radius 1 is 1.23 bits per heavy atom. The maximum atomic E-state index is 5.45. The van der Waals surface area contributed by atoms with E-state index in [0.717, 1.165) is 11.3 Å². The molecule has 0 spiro atoms. The van der Waals surface area contributed by atoms with Crippen molar-refractivity contribution in [2.45, 2.75) is 13.8 Å². The van der Waals surface area contributed by atoms with Gasteiger partial charge < -0.3 is 9.57 Å². The Morgan fingerprint density at radius 2 is 2.00 bits per heavy atom. The van der Waals surface area contributed by atoms with E-state index in [-0.39, 0.29) is 0 Å². The van der Waals surface area contributed by atoms with Gasteiger partial charge in [-0.1, -0.05) is 12.1 Å². The molecule has 0 saturated carbocycles. The van der Waals surface area contributed by atoms with Crippen molar-refractivity contribution in [3.63, 3.8) is 0 Å². The van der Waals surface area contributed by atoms with Crippen LogP contribution in [0.2, 0.25) is 0 Å². The average Bonchev–Trinajstić information content (AvgIpc) is 2.11. The molecule has 72 valence electrons. The molecular weight excluding hydrogens is 166 g/mol. The van der Waals surface area contributed by atoms with Gasteiger partial charge in [-0.25, -0.2) is 5.90 Å². The van der Waals surface area contributed by atoms with Crippen LogP contribution < -0.4 is 10.6 Å². The number of rotatable bonds is 4. The van der Waals surface area contributed by atoms with E-state index < -0.39 is 0 Å². The molecular formula is C10H15NO2. The molecule has 0 saturated heterocycles. The topological polar surface area (TPSA) is 44.5 Å². The van der Waals surface area contributed by atoms with Crippen LogP contribution in [0.4, 0.5) is 0 Å². The van der Waals surface area contributed by atoms with Crippen molar-refractivity contribution in [3.8, 4) is 5.75 Å². The van der Waals surface area contributed by atoms with Gasteiger partial charge in [0.1, 0.15) is 19.0 Å². The van der Waals surface area contributed by atoms with Crippen LogP contribution in [-0.4, -0.2) is 13.2 Å². The van der Waals surface area contributed by atoms with Crippen LogP contribution in [0.3, 0.4) is 0 Å². The smallest absolute Gasteiger partial charge is 0.122 e. The highest BCUT2D eigenvalue weighted by molar-refractivity contribution is 5.35. The van der Waals surface area contributed by atoms with Crippen LogP contribution in [0.25, 0.3) is 0 Å². The van der Waals surface area contributed by atoms with Gasteiger partial charge in [0.05, 0.1) is 0 Å². The third-order valence-corrected chi connectivity index (χ3v) is 1.80. The molecule has 0 radical (unpaired) electrons. The first-order chi connectivity index (χ1) is 6.24. The predicted molar refractivity (Wildman–Crippen MR) is 51.6 cm³/mol. The summed E-state index contributed by atoms with van der Waals surface area (Å²) in [4.78, 5) is 4.41. The standard InChI is InChI=1S/C10H15NO2/c1-8-3-4-9(2)10(7-8)12-5-6-13-11/h3-4,7H,5-6,11H2,1-2H3. The summed E-state index contributed by atoms with van der Waals surface area (Å²) in [7, 11) is 0. The third-order valence-electron chi connectivity index (χ3n) is 1.80. The first kappa shape index (κ1) is 10.0. The zero-order valence-corrected chi connectivity index (χ0v) is 8.04. The molecule has 0 aliphatic carbocycles. The second-order valence-corrected chi connectivity index (χ2v) is 2.99. The summed E-state index contributed by atoms with van der Waals surface area (Å²) in [6.45, 7) is 4.94. The van der Waals surface area contributed by atoms with Crippen molar-refractivity contribution in [2.75, 3.05) is 13.2 Å². The zero-order valence-electron chi connectivity index (χ0n) is 8.04. The molecule has 13 heavy (non-hydrogen) atoms. The molecule has 0 aromatic heterocycles. The Hall–Kier alpha value is -1.06. The zero-order chi connectivity index (χ0) is 9.68. The summed E-state index contributed by atoms with van der Waals surface area (Å²) < 4.78 is 5.45. The van der Waals surface area contributed by atoms with Gasteiger partial charge in [0.25, 0.3) is 0 Å². The van der Waals surface area contributed by atoms with E-state index in [1.54, 1.807) is 0 Å². The largest absolute Gasteiger partial charge is 0.491 e. The molecule has 0 aliphatic rings. The lowest BCUT2D eigenvalue weighted by Crippen LogP contribution is -2.10. The van der Waals surface area contributed by atoms with Crippen molar-refractivity contribution in [3.05, 3.63) is 29.3 Å². The Labute approximate surface area is 78.4 Å². The van der Waals surface area contributed by atoms with Gasteiger partial charge in [0.2, 0.25) is 0 Å². The highest BCUT2D eigenvalue weighted by Crippen LogP contribution is 2.18. The van der Waals surface area contributed by atoms with Crippen LogP contribution in [0.5, 0.6) is 5.75 Å². The van der Waals surface area contributed by atoms with E-state index in [1.807, 2.05) is 26.0 Å². The minimum absolute atomic E-state index is 0.410. The Kier molecular flexibility index (Phi) is 3.73. The molecule has 3 nitrogen and oxygen atoms in total. The van der Waals surface area contributed by atoms with E-state index in [4.69, 9.17) is 10.6 Å². The molecule has 0 heterocycles. The summed E-state index contributed by atoms with van der Waals surface area (Å²) in [5.74, 6) is 5.78. The van der Waals surface area contributed by atoms with E-state index in [9.17, 15) is 0 Å². The molecule has 0 aliphatic heterocycles. The second kappa shape index (κ2) is 4.84. The monoisotopic (exact) mass is 181 g/mol. The summed E-state index contributed by atoms with van der Waals surface area (Å²) in [6.07, 6.45) is 0. The van der Waals surface area contributed by atoms with Gasteiger partial charge in [-0.2, -0.15) is 0 Å². The summed E-state index contributed by atoms with van der Waals surface area (Å²) >= 11 is 0. The van der Waals surface area contributed by atoms with Crippen molar-refractivity contribution in [1.82, 2.24) is 0 Å². The molecule has 0 bridgehead atoms. The molecule has 1 rings (SSSR count). The lowest BCUT2D eigenvalue weighted by Gasteiger charge is -2.08. The Bertz CT molecular complexity index is 274. The predicted octanol–water partition coefficient (Wildman–Crippen LogP) is 1.57. The first-order valence-electron chi connectivity index (χ1n) is 4.26. The highest BCUT2D eigenvalue weighted by atomic mass is 16.6. The van der Waals surface area contributed by atoms with E-state index in [1.165, 1.54) is 5.56 Å². The third kappa shape index (κ3) is 3.05. The molecule has 1 aromatic rings. The number of benzene rings is 1. The Morgan fingerprint density at radius 3 is 2.69 bits per heavy atom. The summed E-state index contributed by atoms with van der Waals surface area (Å²) in [5.41, 5.74) is 2.32. The molecule has 3 heteroatoms. The van der Waals surface area contributed by atoms with Gasteiger partial charge in [0, 0.05) is 0 Å². The second-order valence-electron chi connectivity index (χ2n) is 2.99. The number of hydrogen-bond donors (Lipinski definition) is 1. The highest BCUT2D eigenvalue weighted by Gasteiger charge is 1.98. The minimum atomic E-state index is 0.410. The van der Waals surface area contributed by atoms with Crippen molar-refractivity contribution in [1.29, 1.82) is 0 Å². The fourth-order valence-corrected chi connectivity index (χ4v) is 1.06. The van der Waals surface area contributed by atoms with Crippen LogP contribution >= 0.6 is 0 Å². The fourth-order valence-electron chi connectivity index (χ4n) is 1.06. The van der Waals surface area contributed by atoms with Gasteiger partial charge in [-0.3, -0.25) is 0 Å². The van der Waals surface area contributed by atoms with Crippen LogP contribution in [0, 0.1) is 13.8 Å². The molecule has 2 N–H and O–H groups in total. The first-order valence-corrected chi connectivity index (χ1v) is 4.26. The van der Waals surface area contributed by atoms with E-state index in [0.29, 0.717) is 13.2 Å². The van der Waals surface area contributed by atoms with E-state index in [2.05, 4.69) is 10.9 Å². The fraction of sp³-hybridized carbons (Fsp3) is 0.400. The van der Waals surface area contributed by atoms with Crippen LogP contribution in [0.15, 0.2) is 18.2 Å². The van der Waals surface area contributed by atoms with E-state index >= 15 is 0 Å². The number of hydrogen-bond acceptors (Lipinski definition) is 3. The normalized spacial score (nSPS) is 10.1. The number of aryl methyl sites for hydroxylation is 2. The summed E-state index contributed by atoms with van der Waals surface area (Å²) in [6, 6.07) is 6.10. The molecule has 0 unspecified atom stereocenters. The van der Waals surface area contributed by atoms with Gasteiger partial charge in [0.15, 0.2) is 0 Å². The van der Waals surface area contributed by atoms with Crippen molar-refractivity contribution >= 4 is 0 Å². The lowest BCUT2D eigenvalue weighted by atomic mass is 10.1. The molecule has 0 amide bonds. The quantitative estimate of drug-likeness (QED) is 0.566. The van der Waals surface area contributed by atoms with Crippen LogP contribution in [-0.2, 0) is 4.84 Å². The van der Waals surface area contributed by atoms with Gasteiger partial charge >= 0.3 is 0 Å². The SMILES string of the molecule is Cc1ccc(C)c(OCCON)c1. The number of ether oxygens (including phenoxy) is 1. The maximum absolute atomic E-state index is 5.45.